The monoisotopic (exact) mass is 284 g/mol. The van der Waals surface area contributed by atoms with Crippen LogP contribution in [0.5, 0.6) is 0 Å². The number of thiazole rings is 1. The number of hydrogen-bond acceptors (Lipinski definition) is 5. The van der Waals surface area contributed by atoms with Crippen molar-refractivity contribution in [3.8, 4) is 0 Å². The zero-order chi connectivity index (χ0) is 14.0. The number of nitrogens with zero attached hydrogens (tertiary/aromatic N) is 1. The molecule has 0 bridgehead atoms. The summed E-state index contributed by atoms with van der Waals surface area (Å²) >= 11 is 1.08. The first-order chi connectivity index (χ1) is 8.92. The Kier molecular flexibility index (Phi) is 3.86. The van der Waals surface area contributed by atoms with E-state index < -0.39 is 11.6 Å². The van der Waals surface area contributed by atoms with Crippen molar-refractivity contribution >= 4 is 23.2 Å². The Morgan fingerprint density at radius 3 is 2.84 bits per heavy atom. The van der Waals surface area contributed by atoms with Gasteiger partial charge in [-0.3, -0.25) is 4.79 Å². The van der Waals surface area contributed by atoms with Crippen molar-refractivity contribution in [2.24, 2.45) is 0 Å². The number of aryl methyl sites for hydroxylation is 1. The summed E-state index contributed by atoms with van der Waals surface area (Å²) in [5.41, 5.74) is -0.285. The number of aromatic nitrogens is 1. The van der Waals surface area contributed by atoms with Gasteiger partial charge in [-0.25, -0.2) is 9.78 Å². The van der Waals surface area contributed by atoms with Crippen LogP contribution in [0.1, 0.15) is 40.1 Å². The lowest BCUT2D eigenvalue weighted by atomic mass is 10.0. The number of aromatic carboxylic acids is 1. The first-order valence-electron chi connectivity index (χ1n) is 6.04. The van der Waals surface area contributed by atoms with Crippen molar-refractivity contribution in [3.63, 3.8) is 0 Å². The van der Waals surface area contributed by atoms with Gasteiger partial charge in [0.05, 0.1) is 12.2 Å². The number of hydrogen-bond donors (Lipinski definition) is 2. The summed E-state index contributed by atoms with van der Waals surface area (Å²) in [5, 5.41) is 12.3. The molecule has 0 spiro atoms. The molecule has 2 rings (SSSR count). The summed E-state index contributed by atoms with van der Waals surface area (Å²) in [4.78, 5) is 27.2. The van der Waals surface area contributed by atoms with Gasteiger partial charge in [-0.05, 0) is 26.7 Å². The maximum atomic E-state index is 12.0. The third-order valence-corrected chi connectivity index (χ3v) is 4.28. The lowest BCUT2D eigenvalue weighted by Crippen LogP contribution is -2.43. The van der Waals surface area contributed by atoms with E-state index >= 15 is 0 Å². The fourth-order valence-electron chi connectivity index (χ4n) is 2.03. The molecular weight excluding hydrogens is 268 g/mol. The van der Waals surface area contributed by atoms with Crippen molar-refractivity contribution in [1.82, 2.24) is 10.3 Å². The molecule has 104 valence electrons. The van der Waals surface area contributed by atoms with E-state index in [0.29, 0.717) is 23.7 Å². The number of carbonyl (C=O) groups excluding carboxylic acids is 1. The fraction of sp³-hybridized carbons (Fsp3) is 0.583. The molecule has 19 heavy (non-hydrogen) atoms. The molecule has 1 fully saturated rings. The van der Waals surface area contributed by atoms with E-state index in [4.69, 9.17) is 9.84 Å². The largest absolute Gasteiger partial charge is 0.477 e. The van der Waals surface area contributed by atoms with Gasteiger partial charge in [-0.1, -0.05) is 0 Å². The zero-order valence-electron chi connectivity index (χ0n) is 10.9. The van der Waals surface area contributed by atoms with Crippen molar-refractivity contribution < 1.29 is 19.4 Å². The minimum Gasteiger partial charge on any atom is -0.477 e. The van der Waals surface area contributed by atoms with Crippen LogP contribution in [0.15, 0.2) is 0 Å². The van der Waals surface area contributed by atoms with E-state index in [1.165, 1.54) is 0 Å². The lowest BCUT2D eigenvalue weighted by molar-refractivity contribution is -0.139. The Hall–Kier alpha value is -1.47. The number of carboxylic acids is 1. The molecule has 1 atom stereocenters. The summed E-state index contributed by atoms with van der Waals surface area (Å²) in [6.45, 7) is 4.25. The second-order valence-electron chi connectivity index (χ2n) is 4.69. The lowest BCUT2D eigenvalue weighted by Gasteiger charge is -2.21. The van der Waals surface area contributed by atoms with Crippen LogP contribution in [0.25, 0.3) is 0 Å². The molecule has 2 N–H and O–H groups in total. The molecule has 1 unspecified atom stereocenters. The SMILES string of the molecule is Cc1nc(CNC(=O)C2(C)CCCO2)sc1C(=O)O. The minimum absolute atomic E-state index is 0.172. The van der Waals surface area contributed by atoms with E-state index in [1.54, 1.807) is 13.8 Å². The van der Waals surface area contributed by atoms with E-state index in [9.17, 15) is 9.59 Å². The van der Waals surface area contributed by atoms with Gasteiger partial charge in [0.1, 0.15) is 15.5 Å². The predicted octanol–water partition coefficient (Wildman–Crippen LogP) is 1.34. The van der Waals surface area contributed by atoms with E-state index in [0.717, 1.165) is 17.8 Å². The maximum Gasteiger partial charge on any atom is 0.347 e. The Balaban J connectivity index is 1.97. The second-order valence-corrected chi connectivity index (χ2v) is 5.78. The number of amides is 1. The van der Waals surface area contributed by atoms with Crippen LogP contribution >= 0.6 is 11.3 Å². The summed E-state index contributed by atoms with van der Waals surface area (Å²) in [7, 11) is 0. The maximum absolute atomic E-state index is 12.0. The standard InChI is InChI=1S/C12H16N2O4S/c1-7-9(10(15)16)19-8(14-7)6-13-11(17)12(2)4-3-5-18-12/h3-6H2,1-2H3,(H,13,17)(H,15,16). The van der Waals surface area contributed by atoms with Crippen LogP contribution in [0.3, 0.4) is 0 Å². The summed E-state index contributed by atoms with van der Waals surface area (Å²) < 4.78 is 5.43. The molecule has 6 nitrogen and oxygen atoms in total. The number of ether oxygens (including phenoxy) is 1. The molecular formula is C12H16N2O4S. The van der Waals surface area contributed by atoms with E-state index in [-0.39, 0.29) is 17.3 Å². The van der Waals surface area contributed by atoms with Gasteiger partial charge in [-0.2, -0.15) is 0 Å². The number of nitrogens with one attached hydrogen (secondary N) is 1. The van der Waals surface area contributed by atoms with Crippen molar-refractivity contribution in [3.05, 3.63) is 15.6 Å². The van der Waals surface area contributed by atoms with Crippen molar-refractivity contribution in [2.75, 3.05) is 6.61 Å². The van der Waals surface area contributed by atoms with Crippen LogP contribution < -0.4 is 5.32 Å². The topological polar surface area (TPSA) is 88.5 Å². The molecule has 1 aliphatic rings. The van der Waals surface area contributed by atoms with Crippen LogP contribution in [0.2, 0.25) is 0 Å². The normalized spacial score (nSPS) is 22.4. The quantitative estimate of drug-likeness (QED) is 0.871. The van der Waals surface area contributed by atoms with Crippen LogP contribution in [-0.2, 0) is 16.1 Å². The molecule has 1 aliphatic heterocycles. The van der Waals surface area contributed by atoms with Crippen LogP contribution in [-0.4, -0.2) is 34.2 Å². The molecule has 1 amide bonds. The third-order valence-electron chi connectivity index (χ3n) is 3.13. The molecule has 1 saturated heterocycles. The Morgan fingerprint density at radius 1 is 1.58 bits per heavy atom. The highest BCUT2D eigenvalue weighted by Gasteiger charge is 2.37. The average Bonchev–Trinajstić information content (AvgIpc) is 2.93. The minimum atomic E-state index is -0.987. The van der Waals surface area contributed by atoms with Crippen molar-refractivity contribution in [1.29, 1.82) is 0 Å². The Morgan fingerprint density at radius 2 is 2.32 bits per heavy atom. The highest BCUT2D eigenvalue weighted by atomic mass is 32.1. The smallest absolute Gasteiger partial charge is 0.347 e. The van der Waals surface area contributed by atoms with Crippen molar-refractivity contribution in [2.45, 2.75) is 38.8 Å². The number of carboxylic acid groups (broad SMARTS) is 1. The van der Waals surface area contributed by atoms with Crippen LogP contribution in [0.4, 0.5) is 0 Å². The first-order valence-corrected chi connectivity index (χ1v) is 6.86. The Bertz CT molecular complexity index is 506. The second kappa shape index (κ2) is 5.26. The third kappa shape index (κ3) is 2.93. The molecule has 0 saturated carbocycles. The molecule has 1 aromatic rings. The van der Waals surface area contributed by atoms with Gasteiger partial charge in [0.25, 0.3) is 5.91 Å². The zero-order valence-corrected chi connectivity index (χ0v) is 11.7. The number of rotatable bonds is 4. The predicted molar refractivity (Wildman–Crippen MR) is 69.2 cm³/mol. The van der Waals surface area contributed by atoms with Gasteiger partial charge >= 0.3 is 5.97 Å². The van der Waals surface area contributed by atoms with Gasteiger partial charge in [-0.15, -0.1) is 11.3 Å². The molecule has 7 heteroatoms. The van der Waals surface area contributed by atoms with Gasteiger partial charge in [0, 0.05) is 6.61 Å². The fourth-order valence-corrected chi connectivity index (χ4v) is 2.87. The first kappa shape index (κ1) is 14.0. The summed E-state index contributed by atoms with van der Waals surface area (Å²) in [5.74, 6) is -1.16. The molecule has 0 radical (unpaired) electrons. The molecule has 1 aromatic heterocycles. The summed E-state index contributed by atoms with van der Waals surface area (Å²) in [6.07, 6.45) is 1.58. The Labute approximate surface area is 114 Å². The van der Waals surface area contributed by atoms with Gasteiger partial charge in [0.15, 0.2) is 0 Å². The molecule has 0 aromatic carbocycles. The number of carbonyl (C=O) groups is 2. The highest BCUT2D eigenvalue weighted by Crippen LogP contribution is 2.25. The van der Waals surface area contributed by atoms with Crippen LogP contribution in [0, 0.1) is 6.92 Å². The van der Waals surface area contributed by atoms with E-state index in [2.05, 4.69) is 10.3 Å². The van der Waals surface area contributed by atoms with Gasteiger partial charge in [0.2, 0.25) is 0 Å². The van der Waals surface area contributed by atoms with Gasteiger partial charge < -0.3 is 15.2 Å². The van der Waals surface area contributed by atoms with E-state index in [1.807, 2.05) is 0 Å². The molecule has 2 heterocycles. The highest BCUT2D eigenvalue weighted by molar-refractivity contribution is 7.13. The average molecular weight is 284 g/mol. The summed E-state index contributed by atoms with van der Waals surface area (Å²) in [6, 6.07) is 0. The molecule has 0 aliphatic carbocycles.